The minimum atomic E-state index is -0.524. The molecule has 2 aromatic rings. The quantitative estimate of drug-likeness (QED) is 0.879. The van der Waals surface area contributed by atoms with E-state index in [4.69, 9.17) is 4.74 Å². The Balaban J connectivity index is 2.06. The Morgan fingerprint density at radius 1 is 1.24 bits per heavy atom. The van der Waals surface area contributed by atoms with E-state index in [9.17, 15) is 9.18 Å². The molecule has 1 heterocycles. The van der Waals surface area contributed by atoms with Crippen LogP contribution in [0.2, 0.25) is 0 Å². The summed E-state index contributed by atoms with van der Waals surface area (Å²) in [7, 11) is 0. The van der Waals surface area contributed by atoms with Crippen molar-refractivity contribution in [3.05, 3.63) is 65.5 Å². The first kappa shape index (κ1) is 13.6. The second-order valence-electron chi connectivity index (χ2n) is 4.99. The highest BCUT2D eigenvalue weighted by atomic mass is 19.1. The molecule has 0 bridgehead atoms. The maximum atomic E-state index is 13.6. The lowest BCUT2D eigenvalue weighted by atomic mass is 9.88. The molecule has 0 spiro atoms. The molecule has 0 amide bonds. The number of ether oxygens (including phenoxy) is 1. The van der Waals surface area contributed by atoms with E-state index >= 15 is 0 Å². The smallest absolute Gasteiger partial charge is 0.329 e. The summed E-state index contributed by atoms with van der Waals surface area (Å²) in [5.74, 6) is -0.861. The Labute approximate surface area is 122 Å². The van der Waals surface area contributed by atoms with Gasteiger partial charge in [0.2, 0.25) is 0 Å². The number of hydrogen-bond donors (Lipinski definition) is 1. The molecule has 0 saturated carbocycles. The molecule has 1 aliphatic heterocycles. The molecule has 108 valence electrons. The minimum absolute atomic E-state index is 0.240. The third-order valence-electron chi connectivity index (χ3n) is 3.69. The fraction of sp³-hybridized carbons (Fsp3) is 0.235. The molecule has 21 heavy (non-hydrogen) atoms. The third kappa shape index (κ3) is 2.49. The van der Waals surface area contributed by atoms with Crippen LogP contribution in [0.3, 0.4) is 0 Å². The fourth-order valence-corrected chi connectivity index (χ4v) is 2.81. The lowest BCUT2D eigenvalue weighted by Gasteiger charge is -2.19. The molecule has 1 N–H and O–H groups in total. The van der Waals surface area contributed by atoms with Crippen LogP contribution in [0, 0.1) is 5.82 Å². The zero-order valence-corrected chi connectivity index (χ0v) is 11.7. The number of fused-ring (bicyclic) bond motifs is 1. The SMILES string of the molecule is CCOC(=O)C1Nc2ccc(F)cc2C1c1ccccc1. The predicted molar refractivity (Wildman–Crippen MR) is 78.7 cm³/mol. The van der Waals surface area contributed by atoms with Crippen molar-refractivity contribution in [3.8, 4) is 0 Å². The van der Waals surface area contributed by atoms with Gasteiger partial charge in [-0.05, 0) is 36.2 Å². The van der Waals surface area contributed by atoms with Crippen LogP contribution >= 0.6 is 0 Å². The van der Waals surface area contributed by atoms with E-state index in [0.29, 0.717) is 6.61 Å². The first-order valence-electron chi connectivity index (χ1n) is 6.98. The Kier molecular flexibility index (Phi) is 3.60. The topological polar surface area (TPSA) is 38.3 Å². The summed E-state index contributed by atoms with van der Waals surface area (Å²) in [5.41, 5.74) is 2.54. The second kappa shape index (κ2) is 5.56. The van der Waals surface area contributed by atoms with E-state index in [1.54, 1.807) is 13.0 Å². The molecule has 3 rings (SSSR count). The van der Waals surface area contributed by atoms with Crippen LogP contribution in [0.4, 0.5) is 10.1 Å². The van der Waals surface area contributed by atoms with Gasteiger partial charge in [-0.25, -0.2) is 9.18 Å². The molecule has 0 aliphatic carbocycles. The number of benzene rings is 2. The van der Waals surface area contributed by atoms with E-state index in [-0.39, 0.29) is 17.7 Å². The van der Waals surface area contributed by atoms with Crippen molar-refractivity contribution in [3.63, 3.8) is 0 Å². The first-order chi connectivity index (χ1) is 10.2. The average Bonchev–Trinajstić information content (AvgIpc) is 2.87. The van der Waals surface area contributed by atoms with Crippen LogP contribution < -0.4 is 5.32 Å². The van der Waals surface area contributed by atoms with Crippen LogP contribution in [0.5, 0.6) is 0 Å². The summed E-state index contributed by atoms with van der Waals surface area (Å²) >= 11 is 0. The number of nitrogens with one attached hydrogen (secondary N) is 1. The average molecular weight is 285 g/mol. The number of halogens is 1. The number of esters is 1. The van der Waals surface area contributed by atoms with Crippen LogP contribution in [0.15, 0.2) is 48.5 Å². The number of anilines is 1. The van der Waals surface area contributed by atoms with Gasteiger partial charge in [-0.2, -0.15) is 0 Å². The van der Waals surface area contributed by atoms with Gasteiger partial charge in [0.05, 0.1) is 6.61 Å². The van der Waals surface area contributed by atoms with Gasteiger partial charge in [-0.1, -0.05) is 30.3 Å². The Morgan fingerprint density at radius 2 is 2.00 bits per heavy atom. The predicted octanol–water partition coefficient (Wildman–Crippen LogP) is 3.31. The number of carbonyl (C=O) groups excluding carboxylic acids is 1. The largest absolute Gasteiger partial charge is 0.464 e. The van der Waals surface area contributed by atoms with Crippen molar-refractivity contribution in [2.75, 3.05) is 11.9 Å². The monoisotopic (exact) mass is 285 g/mol. The van der Waals surface area contributed by atoms with Crippen molar-refractivity contribution in [1.29, 1.82) is 0 Å². The highest BCUT2D eigenvalue weighted by Gasteiger charge is 2.39. The van der Waals surface area contributed by atoms with Crippen molar-refractivity contribution >= 4 is 11.7 Å². The molecule has 2 atom stereocenters. The first-order valence-corrected chi connectivity index (χ1v) is 6.98. The Hall–Kier alpha value is -2.36. The van der Waals surface area contributed by atoms with E-state index in [2.05, 4.69) is 5.32 Å². The van der Waals surface area contributed by atoms with Crippen molar-refractivity contribution in [2.45, 2.75) is 18.9 Å². The molecule has 0 radical (unpaired) electrons. The summed E-state index contributed by atoms with van der Waals surface area (Å²) in [4.78, 5) is 12.2. The summed E-state index contributed by atoms with van der Waals surface area (Å²) < 4.78 is 18.7. The molecule has 4 heteroatoms. The third-order valence-corrected chi connectivity index (χ3v) is 3.69. The van der Waals surface area contributed by atoms with Gasteiger partial charge in [0, 0.05) is 11.6 Å². The minimum Gasteiger partial charge on any atom is -0.464 e. The fourth-order valence-electron chi connectivity index (χ4n) is 2.81. The number of rotatable bonds is 3. The second-order valence-corrected chi connectivity index (χ2v) is 4.99. The molecule has 1 aliphatic rings. The molecule has 2 aromatic carbocycles. The highest BCUT2D eigenvalue weighted by Crippen LogP contribution is 2.41. The van der Waals surface area contributed by atoms with Gasteiger partial charge in [0.25, 0.3) is 0 Å². The van der Waals surface area contributed by atoms with E-state index in [1.165, 1.54) is 12.1 Å². The van der Waals surface area contributed by atoms with Crippen molar-refractivity contribution in [1.82, 2.24) is 0 Å². The highest BCUT2D eigenvalue weighted by molar-refractivity contribution is 5.85. The summed E-state index contributed by atoms with van der Waals surface area (Å²) in [6, 6.07) is 13.6. The molecule has 3 nitrogen and oxygen atoms in total. The van der Waals surface area contributed by atoms with E-state index in [1.807, 2.05) is 30.3 Å². The zero-order chi connectivity index (χ0) is 14.8. The maximum absolute atomic E-state index is 13.6. The standard InChI is InChI=1S/C17H16FNO2/c1-2-21-17(20)16-15(11-6-4-3-5-7-11)13-10-12(18)8-9-14(13)19-16/h3-10,15-16,19H,2H2,1H3. The van der Waals surface area contributed by atoms with Gasteiger partial charge >= 0.3 is 5.97 Å². The van der Waals surface area contributed by atoms with E-state index < -0.39 is 6.04 Å². The van der Waals surface area contributed by atoms with Crippen LogP contribution in [-0.4, -0.2) is 18.6 Å². The summed E-state index contributed by atoms with van der Waals surface area (Å²) in [6.07, 6.45) is 0. The molecular weight excluding hydrogens is 269 g/mol. The lowest BCUT2D eigenvalue weighted by Crippen LogP contribution is -2.33. The molecule has 2 unspecified atom stereocenters. The van der Waals surface area contributed by atoms with E-state index in [0.717, 1.165) is 16.8 Å². The molecule has 0 aromatic heterocycles. The van der Waals surface area contributed by atoms with Gasteiger partial charge in [-0.15, -0.1) is 0 Å². The van der Waals surface area contributed by atoms with Gasteiger partial charge in [-0.3, -0.25) is 0 Å². The lowest BCUT2D eigenvalue weighted by molar-refractivity contribution is -0.144. The van der Waals surface area contributed by atoms with Gasteiger partial charge in [0.15, 0.2) is 0 Å². The molecular formula is C17H16FNO2. The maximum Gasteiger partial charge on any atom is 0.329 e. The van der Waals surface area contributed by atoms with Gasteiger partial charge < -0.3 is 10.1 Å². The summed E-state index contributed by atoms with van der Waals surface area (Å²) in [6.45, 7) is 2.10. The van der Waals surface area contributed by atoms with Crippen LogP contribution in [0.1, 0.15) is 24.0 Å². The normalized spacial score (nSPS) is 19.7. The summed E-state index contributed by atoms with van der Waals surface area (Å²) in [5, 5.41) is 3.15. The zero-order valence-electron chi connectivity index (χ0n) is 11.7. The van der Waals surface area contributed by atoms with Crippen molar-refractivity contribution < 1.29 is 13.9 Å². The number of hydrogen-bond acceptors (Lipinski definition) is 3. The molecule has 0 fully saturated rings. The van der Waals surface area contributed by atoms with Crippen molar-refractivity contribution in [2.24, 2.45) is 0 Å². The Morgan fingerprint density at radius 3 is 2.71 bits per heavy atom. The van der Waals surface area contributed by atoms with Gasteiger partial charge in [0.1, 0.15) is 11.9 Å². The number of carbonyl (C=O) groups is 1. The van der Waals surface area contributed by atoms with Crippen LogP contribution in [0.25, 0.3) is 0 Å². The molecule has 0 saturated heterocycles. The van der Waals surface area contributed by atoms with Crippen LogP contribution in [-0.2, 0) is 9.53 Å². The Bertz CT molecular complexity index is 657.